The zero-order valence-corrected chi connectivity index (χ0v) is 18.6. The zero-order valence-electron chi connectivity index (χ0n) is 18.6. The smallest absolute Gasteiger partial charge is 0.327 e. The highest BCUT2D eigenvalue weighted by atomic mass is 16.5. The Kier molecular flexibility index (Phi) is 5.30. The molecule has 1 fully saturated rings. The quantitative estimate of drug-likeness (QED) is 0.480. The molecule has 2 aliphatic heterocycles. The van der Waals surface area contributed by atoms with E-state index in [1.807, 2.05) is 49.4 Å². The predicted molar refractivity (Wildman–Crippen MR) is 122 cm³/mol. The Bertz CT molecular complexity index is 1310. The summed E-state index contributed by atoms with van der Waals surface area (Å²) in [5.41, 5.74) is 2.38. The number of aryl methyl sites for hydroxylation is 2. The number of hydrogen-bond acceptors (Lipinski definition) is 4. The fourth-order valence-corrected chi connectivity index (χ4v) is 4.43. The van der Waals surface area contributed by atoms with Crippen molar-refractivity contribution < 1.29 is 18.9 Å². The van der Waals surface area contributed by atoms with Gasteiger partial charge in [0.1, 0.15) is 5.57 Å². The van der Waals surface area contributed by atoms with Crippen molar-refractivity contribution in [1.29, 1.82) is 0 Å². The Morgan fingerprint density at radius 3 is 2.45 bits per heavy atom. The van der Waals surface area contributed by atoms with Crippen molar-refractivity contribution in [3.8, 4) is 11.3 Å². The van der Waals surface area contributed by atoms with E-state index in [0.717, 1.165) is 24.0 Å². The Morgan fingerprint density at radius 2 is 1.79 bits per heavy atom. The van der Waals surface area contributed by atoms with E-state index < -0.39 is 11.8 Å². The number of hydrogen-bond donors (Lipinski definition) is 1. The maximum atomic E-state index is 13.7. The minimum atomic E-state index is -0.479. The third-order valence-electron chi connectivity index (χ3n) is 6.17. The van der Waals surface area contributed by atoms with Gasteiger partial charge in [0.2, 0.25) is 0 Å². The summed E-state index contributed by atoms with van der Waals surface area (Å²) in [5.74, 6) is -0.908. The number of ether oxygens (including phenoxy) is 1. The molecule has 1 aromatic carbocycles. The summed E-state index contributed by atoms with van der Waals surface area (Å²) in [4.78, 5) is 41.8. The van der Waals surface area contributed by atoms with Crippen LogP contribution in [0, 0.1) is 6.92 Å². The van der Waals surface area contributed by atoms with Crippen LogP contribution in [-0.2, 0) is 21.4 Å². The molecule has 0 bridgehead atoms. The molecule has 8 nitrogen and oxygen atoms in total. The van der Waals surface area contributed by atoms with Gasteiger partial charge in [-0.3, -0.25) is 29.1 Å². The molecule has 2 aliphatic rings. The van der Waals surface area contributed by atoms with Crippen molar-refractivity contribution in [1.82, 2.24) is 14.7 Å². The predicted octanol–water partition coefficient (Wildman–Crippen LogP) is 1.89. The second-order valence-corrected chi connectivity index (χ2v) is 8.45. The van der Waals surface area contributed by atoms with Crippen LogP contribution in [0.25, 0.3) is 22.5 Å². The van der Waals surface area contributed by atoms with E-state index in [2.05, 4.69) is 5.10 Å². The molecule has 4 heterocycles. The minimum absolute atomic E-state index is 0.104. The van der Waals surface area contributed by atoms with Gasteiger partial charge in [-0.15, -0.1) is 0 Å². The Labute approximate surface area is 190 Å². The molecular formula is C25H25N4O4+. The van der Waals surface area contributed by atoms with Crippen molar-refractivity contribution in [2.24, 2.45) is 7.05 Å². The summed E-state index contributed by atoms with van der Waals surface area (Å²) in [6.45, 7) is 2.74. The molecule has 2 amide bonds. The maximum Gasteiger partial charge on any atom is 0.327 e. The van der Waals surface area contributed by atoms with E-state index in [1.54, 1.807) is 24.0 Å². The van der Waals surface area contributed by atoms with Gasteiger partial charge in [0.15, 0.2) is 12.4 Å². The Morgan fingerprint density at radius 1 is 1.06 bits per heavy atom. The maximum absolute atomic E-state index is 13.7. The number of benzene rings is 1. The van der Waals surface area contributed by atoms with Crippen LogP contribution >= 0.6 is 0 Å². The number of carbonyl (C=O) groups is 2. The van der Waals surface area contributed by atoms with Gasteiger partial charge in [-0.2, -0.15) is 4.57 Å². The van der Waals surface area contributed by atoms with Crippen LogP contribution in [0.5, 0.6) is 0 Å². The molecule has 0 radical (unpaired) electrons. The van der Waals surface area contributed by atoms with Gasteiger partial charge >= 0.3 is 5.91 Å². The topological polar surface area (TPSA) is 88.3 Å². The molecule has 8 heteroatoms. The van der Waals surface area contributed by atoms with Gasteiger partial charge in [-0.05, 0) is 25.3 Å². The van der Waals surface area contributed by atoms with E-state index in [1.165, 1.54) is 9.58 Å². The number of carbonyl (C=O) groups excluding carboxylic acids is 2. The van der Waals surface area contributed by atoms with Gasteiger partial charge in [-0.25, -0.2) is 0 Å². The number of pyridine rings is 1. The van der Waals surface area contributed by atoms with Gasteiger partial charge in [0, 0.05) is 31.4 Å². The van der Waals surface area contributed by atoms with Gasteiger partial charge in [0.25, 0.3) is 17.2 Å². The molecule has 1 saturated heterocycles. The Hall–Kier alpha value is -3.78. The van der Waals surface area contributed by atoms with E-state index >= 15 is 0 Å². The molecule has 0 saturated carbocycles. The molecule has 1 unspecified atom stereocenters. The third-order valence-corrected chi connectivity index (χ3v) is 6.17. The van der Waals surface area contributed by atoms with Crippen LogP contribution in [0.3, 0.4) is 0 Å². The Balaban J connectivity index is 1.72. The number of aromatic amines is 1. The van der Waals surface area contributed by atoms with Crippen LogP contribution in [-0.4, -0.2) is 45.8 Å². The lowest BCUT2D eigenvalue weighted by Crippen LogP contribution is -2.42. The van der Waals surface area contributed by atoms with Crippen LogP contribution in [0.4, 0.5) is 0 Å². The summed E-state index contributed by atoms with van der Waals surface area (Å²) >= 11 is 0. The lowest BCUT2D eigenvalue weighted by atomic mass is 10.0. The highest BCUT2D eigenvalue weighted by molar-refractivity contribution is 6.45. The molecule has 1 N–H and O–H groups in total. The van der Waals surface area contributed by atoms with Gasteiger partial charge in [-0.1, -0.05) is 30.3 Å². The highest BCUT2D eigenvalue weighted by Gasteiger charge is 2.48. The van der Waals surface area contributed by atoms with E-state index in [4.69, 9.17) is 4.74 Å². The number of rotatable bonds is 5. The van der Waals surface area contributed by atoms with Crippen LogP contribution in [0.2, 0.25) is 0 Å². The number of amides is 2. The molecule has 3 aromatic rings. The van der Waals surface area contributed by atoms with Crippen LogP contribution < -0.4 is 10.1 Å². The summed E-state index contributed by atoms with van der Waals surface area (Å²) in [7, 11) is 1.60. The normalized spacial score (nSPS) is 18.6. The molecule has 0 spiro atoms. The summed E-state index contributed by atoms with van der Waals surface area (Å²) < 4.78 is 8.65. The lowest BCUT2D eigenvalue weighted by molar-refractivity contribution is -0.577. The number of nitrogens with zero attached hydrogens (tertiary/aromatic N) is 3. The van der Waals surface area contributed by atoms with Crippen LogP contribution in [0.1, 0.15) is 24.0 Å². The highest BCUT2D eigenvalue weighted by Crippen LogP contribution is 2.34. The average molecular weight is 445 g/mol. The summed E-state index contributed by atoms with van der Waals surface area (Å²) in [5, 5.41) is 3.06. The van der Waals surface area contributed by atoms with Crippen LogP contribution in [0.15, 0.2) is 59.7 Å². The number of aromatic nitrogens is 3. The van der Waals surface area contributed by atoms with E-state index in [9.17, 15) is 14.4 Å². The first-order valence-corrected chi connectivity index (χ1v) is 11.0. The average Bonchev–Trinajstić information content (AvgIpc) is 3.50. The first kappa shape index (κ1) is 21.1. The molecule has 33 heavy (non-hydrogen) atoms. The van der Waals surface area contributed by atoms with Crippen molar-refractivity contribution in [2.45, 2.75) is 25.9 Å². The lowest BCUT2D eigenvalue weighted by Gasteiger charge is -2.18. The SMILES string of the molecule is Cc1cc[n+](C2=C(c3c(-c4ccccc4)[nH]n(C)c3=O)C(=O)N(CC3CCCO3)C2=O)cc1. The standard InChI is InChI=1S/C25H24N4O4/c1-16-10-12-28(13-11-16)22-20(24(31)29(25(22)32)15-18-9-6-14-33-18)19-21(26-27(2)23(19)30)17-7-4-3-5-8-17/h3-5,7-8,10-13,18H,6,9,14-15H2,1-2H3/p+1. The molecule has 0 aliphatic carbocycles. The molecular weight excluding hydrogens is 420 g/mol. The molecule has 168 valence electrons. The van der Waals surface area contributed by atoms with E-state index in [-0.39, 0.29) is 35.0 Å². The first-order valence-electron chi connectivity index (χ1n) is 11.0. The molecule has 1 atom stereocenters. The second kappa shape index (κ2) is 8.29. The fraction of sp³-hybridized carbons (Fsp3) is 0.280. The summed E-state index contributed by atoms with van der Waals surface area (Å²) in [6.07, 6.45) is 4.98. The fourth-order valence-electron chi connectivity index (χ4n) is 4.43. The minimum Gasteiger partial charge on any atom is -0.376 e. The number of H-pyrrole nitrogens is 1. The van der Waals surface area contributed by atoms with Gasteiger partial charge < -0.3 is 4.74 Å². The van der Waals surface area contributed by atoms with Crippen molar-refractivity contribution in [2.75, 3.05) is 13.2 Å². The first-order chi connectivity index (χ1) is 16.0. The second-order valence-electron chi connectivity index (χ2n) is 8.45. The molecule has 5 rings (SSSR count). The third kappa shape index (κ3) is 3.62. The van der Waals surface area contributed by atoms with Crippen molar-refractivity contribution in [3.05, 3.63) is 76.3 Å². The number of nitrogens with one attached hydrogen (secondary N) is 1. The van der Waals surface area contributed by atoms with Crippen molar-refractivity contribution in [3.63, 3.8) is 0 Å². The van der Waals surface area contributed by atoms with Crippen molar-refractivity contribution >= 4 is 23.1 Å². The zero-order chi connectivity index (χ0) is 23.1. The number of imide groups is 1. The monoisotopic (exact) mass is 445 g/mol. The summed E-state index contributed by atoms with van der Waals surface area (Å²) in [6, 6.07) is 13.0. The van der Waals surface area contributed by atoms with Gasteiger partial charge in [0.05, 0.1) is 23.9 Å². The molecule has 2 aromatic heterocycles. The largest absolute Gasteiger partial charge is 0.376 e. The van der Waals surface area contributed by atoms with E-state index in [0.29, 0.717) is 12.3 Å².